The standard InChI is InChI=1S/C22H16Br2N2O4/c1-13(27)15-4-2-6-17(10-15)30-18-7-3-5-16(11-18)22(29)26-25-12-14-8-19(23)21(28)20(24)9-14/h2-12,28H,1H3,(H,26,29)/b25-12+. The van der Waals surface area contributed by atoms with Gasteiger partial charge in [0.15, 0.2) is 5.78 Å². The van der Waals surface area contributed by atoms with Gasteiger partial charge in [0.25, 0.3) is 5.91 Å². The number of aromatic hydroxyl groups is 1. The molecule has 0 spiro atoms. The molecule has 1 amide bonds. The van der Waals surface area contributed by atoms with Gasteiger partial charge in [0.2, 0.25) is 0 Å². The van der Waals surface area contributed by atoms with E-state index in [1.165, 1.54) is 13.1 Å². The van der Waals surface area contributed by atoms with E-state index in [9.17, 15) is 14.7 Å². The lowest BCUT2D eigenvalue weighted by atomic mass is 10.1. The second kappa shape index (κ2) is 9.69. The number of carbonyl (C=O) groups excluding carboxylic acids is 2. The highest BCUT2D eigenvalue weighted by Crippen LogP contribution is 2.32. The van der Waals surface area contributed by atoms with Crippen LogP contribution in [0.2, 0.25) is 0 Å². The van der Waals surface area contributed by atoms with Crippen LogP contribution < -0.4 is 10.2 Å². The number of halogens is 2. The Kier molecular flexibility index (Phi) is 7.02. The number of carbonyl (C=O) groups is 2. The second-order valence-corrected chi connectivity index (χ2v) is 7.95. The minimum Gasteiger partial charge on any atom is -0.506 e. The molecule has 0 bridgehead atoms. The Morgan fingerprint density at radius 2 is 1.53 bits per heavy atom. The molecule has 8 heteroatoms. The molecule has 30 heavy (non-hydrogen) atoms. The molecule has 0 aliphatic heterocycles. The lowest BCUT2D eigenvalue weighted by Crippen LogP contribution is -2.17. The van der Waals surface area contributed by atoms with Gasteiger partial charge in [0.1, 0.15) is 17.2 Å². The molecule has 0 aromatic heterocycles. The third-order valence-corrected chi connectivity index (χ3v) is 5.20. The lowest BCUT2D eigenvalue weighted by Gasteiger charge is -2.08. The highest BCUT2D eigenvalue weighted by molar-refractivity contribution is 9.11. The monoisotopic (exact) mass is 530 g/mol. The Labute approximate surface area is 189 Å². The van der Waals surface area contributed by atoms with Gasteiger partial charge in [-0.1, -0.05) is 18.2 Å². The quantitative estimate of drug-likeness (QED) is 0.243. The number of rotatable bonds is 6. The van der Waals surface area contributed by atoms with Crippen LogP contribution in [-0.4, -0.2) is 23.0 Å². The summed E-state index contributed by atoms with van der Waals surface area (Å²) in [5, 5.41) is 13.7. The van der Waals surface area contributed by atoms with E-state index in [-0.39, 0.29) is 11.5 Å². The van der Waals surface area contributed by atoms with E-state index in [4.69, 9.17) is 4.74 Å². The van der Waals surface area contributed by atoms with Crippen molar-refractivity contribution in [3.63, 3.8) is 0 Å². The number of amides is 1. The number of nitrogens with zero attached hydrogens (tertiary/aromatic N) is 1. The van der Waals surface area contributed by atoms with Gasteiger partial charge in [-0.2, -0.15) is 5.10 Å². The normalized spacial score (nSPS) is 10.8. The summed E-state index contributed by atoms with van der Waals surface area (Å²) in [5.41, 5.74) is 4.03. The first-order chi connectivity index (χ1) is 14.3. The van der Waals surface area contributed by atoms with Crippen LogP contribution in [0.25, 0.3) is 0 Å². The molecule has 152 valence electrons. The van der Waals surface area contributed by atoms with Gasteiger partial charge in [0.05, 0.1) is 15.2 Å². The molecule has 3 aromatic rings. The fraction of sp³-hybridized carbons (Fsp3) is 0.0455. The molecule has 0 heterocycles. The van der Waals surface area contributed by atoms with Gasteiger partial charge in [-0.25, -0.2) is 5.43 Å². The summed E-state index contributed by atoms with van der Waals surface area (Å²) in [6, 6.07) is 16.8. The number of nitrogens with one attached hydrogen (secondary N) is 1. The van der Waals surface area contributed by atoms with Gasteiger partial charge >= 0.3 is 0 Å². The number of hydrogen-bond acceptors (Lipinski definition) is 5. The Balaban J connectivity index is 1.69. The molecule has 0 saturated heterocycles. The number of Topliss-reactive ketones (excluding diaryl/α,β-unsaturated/α-hetero) is 1. The van der Waals surface area contributed by atoms with Crippen LogP contribution in [0, 0.1) is 0 Å². The van der Waals surface area contributed by atoms with Gasteiger partial charge in [0, 0.05) is 11.1 Å². The van der Waals surface area contributed by atoms with Gasteiger partial charge in [-0.05, 0) is 86.8 Å². The van der Waals surface area contributed by atoms with Crippen LogP contribution in [0.1, 0.15) is 33.2 Å². The maximum atomic E-state index is 12.4. The summed E-state index contributed by atoms with van der Waals surface area (Å²) in [6.45, 7) is 1.49. The van der Waals surface area contributed by atoms with Crippen LogP contribution in [0.4, 0.5) is 0 Å². The van der Waals surface area contributed by atoms with Gasteiger partial charge in [-0.15, -0.1) is 0 Å². The molecule has 0 fully saturated rings. The topological polar surface area (TPSA) is 88.0 Å². The number of benzene rings is 3. The van der Waals surface area contributed by atoms with Gasteiger partial charge in [-0.3, -0.25) is 9.59 Å². The Hall–Kier alpha value is -2.97. The van der Waals surface area contributed by atoms with E-state index >= 15 is 0 Å². The van der Waals surface area contributed by atoms with Crippen LogP contribution in [0.15, 0.2) is 74.7 Å². The van der Waals surface area contributed by atoms with E-state index in [0.717, 1.165) is 0 Å². The Bertz CT molecular complexity index is 1120. The fourth-order valence-electron chi connectivity index (χ4n) is 2.51. The first kappa shape index (κ1) is 21.7. The third kappa shape index (κ3) is 5.55. The molecule has 0 unspecified atom stereocenters. The lowest BCUT2D eigenvalue weighted by molar-refractivity contribution is 0.0954. The number of hydrogen-bond donors (Lipinski definition) is 2. The molecule has 3 aromatic carbocycles. The predicted octanol–water partition coefficient (Wildman–Crippen LogP) is 5.68. The highest BCUT2D eigenvalue weighted by Gasteiger charge is 2.08. The number of phenols is 1. The molecular weight excluding hydrogens is 516 g/mol. The van der Waals surface area contributed by atoms with E-state index in [0.29, 0.717) is 37.1 Å². The van der Waals surface area contributed by atoms with Crippen molar-refractivity contribution in [2.75, 3.05) is 0 Å². The number of hydrazone groups is 1. The maximum Gasteiger partial charge on any atom is 0.271 e. The van der Waals surface area contributed by atoms with Crippen molar-refractivity contribution in [1.82, 2.24) is 5.43 Å². The van der Waals surface area contributed by atoms with Crippen molar-refractivity contribution in [3.8, 4) is 17.2 Å². The van der Waals surface area contributed by atoms with Crippen molar-refractivity contribution >= 4 is 49.8 Å². The summed E-state index contributed by atoms with van der Waals surface area (Å²) in [4.78, 5) is 23.9. The largest absolute Gasteiger partial charge is 0.506 e. The summed E-state index contributed by atoms with van der Waals surface area (Å²) >= 11 is 6.48. The minimum absolute atomic E-state index is 0.0564. The number of phenolic OH excluding ortho intramolecular Hbond substituents is 1. The average Bonchev–Trinajstić information content (AvgIpc) is 2.72. The summed E-state index contributed by atoms with van der Waals surface area (Å²) < 4.78 is 6.77. The van der Waals surface area contributed by atoms with Crippen LogP contribution in [0.5, 0.6) is 17.2 Å². The highest BCUT2D eigenvalue weighted by atomic mass is 79.9. The van der Waals surface area contributed by atoms with Crippen molar-refractivity contribution in [1.29, 1.82) is 0 Å². The van der Waals surface area contributed by atoms with Crippen molar-refractivity contribution in [2.45, 2.75) is 6.92 Å². The van der Waals surface area contributed by atoms with E-state index in [2.05, 4.69) is 42.4 Å². The second-order valence-electron chi connectivity index (χ2n) is 6.25. The predicted molar refractivity (Wildman–Crippen MR) is 122 cm³/mol. The maximum absolute atomic E-state index is 12.4. The molecule has 0 aliphatic carbocycles. The smallest absolute Gasteiger partial charge is 0.271 e. The first-order valence-electron chi connectivity index (χ1n) is 8.74. The van der Waals surface area contributed by atoms with Crippen LogP contribution in [-0.2, 0) is 0 Å². The molecule has 6 nitrogen and oxygen atoms in total. The van der Waals surface area contributed by atoms with E-state index in [1.807, 2.05) is 0 Å². The molecule has 0 saturated carbocycles. The number of ether oxygens (including phenoxy) is 1. The summed E-state index contributed by atoms with van der Waals surface area (Å²) in [7, 11) is 0. The first-order valence-corrected chi connectivity index (χ1v) is 10.3. The fourth-order valence-corrected chi connectivity index (χ4v) is 3.73. The summed E-state index contributed by atoms with van der Waals surface area (Å²) in [5.74, 6) is 0.576. The summed E-state index contributed by atoms with van der Waals surface area (Å²) in [6.07, 6.45) is 1.46. The minimum atomic E-state index is -0.411. The zero-order valence-corrected chi connectivity index (χ0v) is 18.9. The van der Waals surface area contributed by atoms with E-state index < -0.39 is 5.91 Å². The van der Waals surface area contributed by atoms with Gasteiger partial charge < -0.3 is 9.84 Å². The average molecular weight is 532 g/mol. The zero-order chi connectivity index (χ0) is 21.7. The SMILES string of the molecule is CC(=O)c1cccc(Oc2cccc(C(=O)N/N=C/c3cc(Br)c(O)c(Br)c3)c2)c1. The third-order valence-electron chi connectivity index (χ3n) is 3.99. The van der Waals surface area contributed by atoms with Crippen LogP contribution >= 0.6 is 31.9 Å². The van der Waals surface area contributed by atoms with Crippen molar-refractivity contribution in [3.05, 3.63) is 86.3 Å². The zero-order valence-electron chi connectivity index (χ0n) is 15.7. The molecular formula is C22H16Br2N2O4. The number of ketones is 1. The molecule has 0 radical (unpaired) electrons. The Morgan fingerprint density at radius 1 is 0.967 bits per heavy atom. The Morgan fingerprint density at radius 3 is 2.13 bits per heavy atom. The van der Waals surface area contributed by atoms with E-state index in [1.54, 1.807) is 60.7 Å². The molecule has 0 atom stereocenters. The molecule has 0 aliphatic rings. The molecule has 2 N–H and O–H groups in total. The van der Waals surface area contributed by atoms with Crippen LogP contribution in [0.3, 0.4) is 0 Å². The molecule has 3 rings (SSSR count). The van der Waals surface area contributed by atoms with Crippen molar-refractivity contribution in [2.24, 2.45) is 5.10 Å². The van der Waals surface area contributed by atoms with Crippen molar-refractivity contribution < 1.29 is 19.4 Å².